The summed E-state index contributed by atoms with van der Waals surface area (Å²) in [6, 6.07) is 3.39. The molecular formula is C15H22F3N3O3. The first-order chi connectivity index (χ1) is 11.3. The van der Waals surface area contributed by atoms with Crippen molar-refractivity contribution in [3.63, 3.8) is 0 Å². The number of guanidine groups is 1. The van der Waals surface area contributed by atoms with Crippen molar-refractivity contribution in [3.8, 4) is 17.2 Å². The van der Waals surface area contributed by atoms with Crippen molar-refractivity contribution >= 4 is 5.96 Å². The second kappa shape index (κ2) is 9.09. The van der Waals surface area contributed by atoms with Crippen molar-refractivity contribution in [1.82, 2.24) is 10.6 Å². The molecular weight excluding hydrogens is 327 g/mol. The van der Waals surface area contributed by atoms with Gasteiger partial charge in [-0.1, -0.05) is 0 Å². The van der Waals surface area contributed by atoms with Crippen LogP contribution in [-0.2, 0) is 6.54 Å². The predicted molar refractivity (Wildman–Crippen MR) is 85.0 cm³/mol. The van der Waals surface area contributed by atoms with Crippen LogP contribution < -0.4 is 24.8 Å². The number of halogens is 3. The number of alkyl halides is 3. The number of hydrogen-bond acceptors (Lipinski definition) is 4. The fourth-order valence-electron chi connectivity index (χ4n) is 1.97. The van der Waals surface area contributed by atoms with E-state index in [4.69, 9.17) is 14.2 Å². The van der Waals surface area contributed by atoms with Crippen LogP contribution >= 0.6 is 0 Å². The second-order valence-electron chi connectivity index (χ2n) is 4.73. The Bertz CT molecular complexity index is 538. The standard InChI is InChI=1S/C15H22F3N3O3/c1-19-14(20-6-5-15(16,17)18)21-9-11-12(23-3)7-10(22-2)8-13(11)24-4/h7-8H,5-6,9H2,1-4H3,(H2,19,20,21). The van der Waals surface area contributed by atoms with Crippen LogP contribution in [0.4, 0.5) is 13.2 Å². The summed E-state index contributed by atoms with van der Waals surface area (Å²) in [6.07, 6.45) is -5.16. The molecule has 24 heavy (non-hydrogen) atoms. The van der Waals surface area contributed by atoms with Crippen LogP contribution in [0.2, 0.25) is 0 Å². The predicted octanol–water partition coefficient (Wildman–Crippen LogP) is 2.33. The van der Waals surface area contributed by atoms with Gasteiger partial charge in [0.2, 0.25) is 0 Å². The zero-order valence-corrected chi connectivity index (χ0v) is 14.1. The maximum atomic E-state index is 12.2. The molecule has 0 unspecified atom stereocenters. The Morgan fingerprint density at radius 3 is 2.04 bits per heavy atom. The number of ether oxygens (including phenoxy) is 3. The number of methoxy groups -OCH3 is 3. The lowest BCUT2D eigenvalue weighted by Gasteiger charge is -2.17. The highest BCUT2D eigenvalue weighted by Crippen LogP contribution is 2.33. The van der Waals surface area contributed by atoms with Gasteiger partial charge in [0, 0.05) is 25.7 Å². The highest BCUT2D eigenvalue weighted by molar-refractivity contribution is 5.79. The third kappa shape index (κ3) is 6.05. The Morgan fingerprint density at radius 1 is 1.04 bits per heavy atom. The van der Waals surface area contributed by atoms with Crippen molar-refractivity contribution in [2.75, 3.05) is 34.9 Å². The average molecular weight is 349 g/mol. The van der Waals surface area contributed by atoms with Crippen LogP contribution in [0.15, 0.2) is 17.1 Å². The van der Waals surface area contributed by atoms with Crippen molar-refractivity contribution in [2.45, 2.75) is 19.1 Å². The molecule has 0 aliphatic rings. The van der Waals surface area contributed by atoms with Crippen LogP contribution in [0, 0.1) is 0 Å². The Kier molecular flexibility index (Phi) is 7.47. The van der Waals surface area contributed by atoms with E-state index in [-0.39, 0.29) is 19.0 Å². The van der Waals surface area contributed by atoms with E-state index in [1.54, 1.807) is 12.1 Å². The van der Waals surface area contributed by atoms with Gasteiger partial charge in [0.05, 0.1) is 39.9 Å². The zero-order valence-electron chi connectivity index (χ0n) is 14.1. The Balaban J connectivity index is 2.77. The molecule has 6 nitrogen and oxygen atoms in total. The molecule has 0 heterocycles. The SMILES string of the molecule is CN=C(NCCC(F)(F)F)NCc1c(OC)cc(OC)cc1OC. The van der Waals surface area contributed by atoms with Gasteiger partial charge in [0.15, 0.2) is 5.96 Å². The van der Waals surface area contributed by atoms with Gasteiger partial charge in [-0.05, 0) is 0 Å². The summed E-state index contributed by atoms with van der Waals surface area (Å²) in [5.41, 5.74) is 0.694. The van der Waals surface area contributed by atoms with Gasteiger partial charge in [0.1, 0.15) is 17.2 Å². The van der Waals surface area contributed by atoms with E-state index in [2.05, 4.69) is 15.6 Å². The molecule has 1 aromatic carbocycles. The molecule has 0 amide bonds. The number of hydrogen-bond donors (Lipinski definition) is 2. The van der Waals surface area contributed by atoms with E-state index in [1.165, 1.54) is 28.4 Å². The molecule has 0 spiro atoms. The normalized spacial score (nSPS) is 11.9. The molecule has 1 aromatic rings. The van der Waals surface area contributed by atoms with Crippen LogP contribution in [0.5, 0.6) is 17.2 Å². The molecule has 0 fully saturated rings. The van der Waals surface area contributed by atoms with Gasteiger partial charge in [0.25, 0.3) is 0 Å². The van der Waals surface area contributed by atoms with Crippen molar-refractivity contribution in [3.05, 3.63) is 17.7 Å². The number of nitrogens with zero attached hydrogens (tertiary/aromatic N) is 1. The highest BCUT2D eigenvalue weighted by atomic mass is 19.4. The minimum atomic E-state index is -4.21. The molecule has 136 valence electrons. The maximum Gasteiger partial charge on any atom is 0.390 e. The molecule has 2 N–H and O–H groups in total. The van der Waals surface area contributed by atoms with E-state index >= 15 is 0 Å². The first kappa shape index (κ1) is 19.7. The lowest BCUT2D eigenvalue weighted by Crippen LogP contribution is -2.38. The minimum absolute atomic E-state index is 0.249. The summed E-state index contributed by atoms with van der Waals surface area (Å²) < 4.78 is 52.3. The van der Waals surface area contributed by atoms with Crippen LogP contribution in [-0.4, -0.2) is 47.1 Å². The Hall–Kier alpha value is -2.32. The third-order valence-electron chi connectivity index (χ3n) is 3.17. The van der Waals surface area contributed by atoms with E-state index in [1.807, 2.05) is 0 Å². The van der Waals surface area contributed by atoms with Crippen LogP contribution in [0.1, 0.15) is 12.0 Å². The highest BCUT2D eigenvalue weighted by Gasteiger charge is 2.26. The Morgan fingerprint density at radius 2 is 1.62 bits per heavy atom. The summed E-state index contributed by atoms with van der Waals surface area (Å²) in [7, 11) is 6.02. The zero-order chi connectivity index (χ0) is 18.2. The summed E-state index contributed by atoms with van der Waals surface area (Å²) in [5, 5.41) is 5.54. The topological polar surface area (TPSA) is 64.1 Å². The summed E-state index contributed by atoms with van der Waals surface area (Å²) in [5.74, 6) is 1.88. The van der Waals surface area contributed by atoms with Crippen molar-refractivity contribution in [2.24, 2.45) is 4.99 Å². The number of rotatable bonds is 7. The minimum Gasteiger partial charge on any atom is -0.496 e. The quantitative estimate of drug-likeness (QED) is 0.584. The molecule has 0 aromatic heterocycles. The molecule has 0 aliphatic carbocycles. The summed E-state index contributed by atoms with van der Waals surface area (Å²) in [6.45, 7) is -0.0118. The van der Waals surface area contributed by atoms with E-state index in [0.29, 0.717) is 22.8 Å². The first-order valence-corrected chi connectivity index (χ1v) is 7.14. The van der Waals surface area contributed by atoms with Gasteiger partial charge in [-0.25, -0.2) is 0 Å². The fraction of sp³-hybridized carbons (Fsp3) is 0.533. The van der Waals surface area contributed by atoms with Gasteiger partial charge in [-0.2, -0.15) is 13.2 Å². The van der Waals surface area contributed by atoms with Crippen LogP contribution in [0.3, 0.4) is 0 Å². The lowest BCUT2D eigenvalue weighted by atomic mass is 10.1. The molecule has 0 bridgehead atoms. The van der Waals surface area contributed by atoms with Crippen LogP contribution in [0.25, 0.3) is 0 Å². The molecule has 0 radical (unpaired) electrons. The molecule has 1 rings (SSSR count). The summed E-state index contributed by atoms with van der Waals surface area (Å²) >= 11 is 0. The van der Waals surface area contributed by atoms with Gasteiger partial charge in [-0.15, -0.1) is 0 Å². The van der Waals surface area contributed by atoms with Gasteiger partial charge >= 0.3 is 6.18 Å². The number of benzene rings is 1. The lowest BCUT2D eigenvalue weighted by molar-refractivity contribution is -0.132. The van der Waals surface area contributed by atoms with E-state index in [0.717, 1.165) is 0 Å². The molecule has 0 atom stereocenters. The maximum absolute atomic E-state index is 12.2. The van der Waals surface area contributed by atoms with Gasteiger partial charge in [-0.3, -0.25) is 4.99 Å². The average Bonchev–Trinajstić information content (AvgIpc) is 2.56. The Labute approximate surface area is 139 Å². The number of nitrogens with one attached hydrogen (secondary N) is 2. The van der Waals surface area contributed by atoms with Crippen molar-refractivity contribution in [1.29, 1.82) is 0 Å². The largest absolute Gasteiger partial charge is 0.496 e. The third-order valence-corrected chi connectivity index (χ3v) is 3.17. The molecule has 0 saturated heterocycles. The molecule has 0 saturated carbocycles. The fourth-order valence-corrected chi connectivity index (χ4v) is 1.97. The number of aliphatic imine (C=N–C) groups is 1. The summed E-state index contributed by atoms with van der Waals surface area (Å²) in [4.78, 5) is 3.89. The van der Waals surface area contributed by atoms with Gasteiger partial charge < -0.3 is 24.8 Å². The molecule has 0 aliphatic heterocycles. The van der Waals surface area contributed by atoms with E-state index in [9.17, 15) is 13.2 Å². The monoisotopic (exact) mass is 349 g/mol. The second-order valence-corrected chi connectivity index (χ2v) is 4.73. The first-order valence-electron chi connectivity index (χ1n) is 7.14. The molecule has 9 heteroatoms. The smallest absolute Gasteiger partial charge is 0.390 e. The van der Waals surface area contributed by atoms with E-state index < -0.39 is 12.6 Å². The van der Waals surface area contributed by atoms with Crippen molar-refractivity contribution < 1.29 is 27.4 Å².